The molecule has 0 aliphatic heterocycles. The minimum absolute atomic E-state index is 0.0876. The first-order valence-corrected chi connectivity index (χ1v) is 8.67. The van der Waals surface area contributed by atoms with Crippen molar-refractivity contribution in [3.63, 3.8) is 0 Å². The summed E-state index contributed by atoms with van der Waals surface area (Å²) in [5, 5.41) is 6.16. The second-order valence-electron chi connectivity index (χ2n) is 5.98. The Labute approximate surface area is 144 Å². The van der Waals surface area contributed by atoms with Crippen LogP contribution in [-0.4, -0.2) is 12.5 Å². The Morgan fingerprint density at radius 1 is 1.04 bits per heavy atom. The predicted octanol–water partition coefficient (Wildman–Crippen LogP) is 4.49. The lowest BCUT2D eigenvalue weighted by molar-refractivity contribution is 0.0953. The molecule has 0 saturated heterocycles. The summed E-state index contributed by atoms with van der Waals surface area (Å²) in [6.07, 6.45) is 4.44. The number of benzene rings is 2. The molecule has 0 spiro atoms. The summed E-state index contributed by atoms with van der Waals surface area (Å²) < 4.78 is 0. The van der Waals surface area contributed by atoms with Crippen molar-refractivity contribution in [2.24, 2.45) is 0 Å². The monoisotopic (exact) mass is 325 g/mol. The highest BCUT2D eigenvalue weighted by molar-refractivity contribution is 5.96. The maximum atomic E-state index is 12.0. The van der Waals surface area contributed by atoms with Crippen LogP contribution in [0.1, 0.15) is 49.0 Å². The zero-order valence-electron chi connectivity index (χ0n) is 14.6. The molecule has 128 valence electrons. The number of nitrogens with two attached hydrogens (primary N) is 1. The molecule has 0 saturated carbocycles. The molecule has 2 aromatic carbocycles. The fraction of sp³-hybridized carbons (Fsp3) is 0.350. The first-order chi connectivity index (χ1) is 11.6. The average Bonchev–Trinajstić information content (AvgIpc) is 2.60. The fourth-order valence-corrected chi connectivity index (χ4v) is 2.45. The maximum absolute atomic E-state index is 12.0. The summed E-state index contributed by atoms with van der Waals surface area (Å²) in [7, 11) is 0. The summed E-state index contributed by atoms with van der Waals surface area (Å²) in [6, 6.07) is 13.8. The van der Waals surface area contributed by atoms with Crippen LogP contribution in [0, 0.1) is 0 Å². The first-order valence-electron chi connectivity index (χ1n) is 8.67. The summed E-state index contributed by atoms with van der Waals surface area (Å²) in [6.45, 7) is 4.89. The van der Waals surface area contributed by atoms with E-state index in [0.29, 0.717) is 17.8 Å². The largest absolute Gasteiger partial charge is 0.397 e. The van der Waals surface area contributed by atoms with E-state index in [2.05, 4.69) is 41.8 Å². The van der Waals surface area contributed by atoms with E-state index in [0.717, 1.165) is 24.2 Å². The van der Waals surface area contributed by atoms with E-state index >= 15 is 0 Å². The van der Waals surface area contributed by atoms with E-state index in [1.807, 2.05) is 13.0 Å². The van der Waals surface area contributed by atoms with Crippen LogP contribution < -0.4 is 16.4 Å². The Hall–Kier alpha value is -2.49. The number of nitrogens with one attached hydrogen (secondary N) is 2. The van der Waals surface area contributed by atoms with E-state index in [-0.39, 0.29) is 5.91 Å². The SMILES string of the molecule is CCCCc1ccc(Nc2ccc(C(=O)NCCC)cc2N)cc1. The van der Waals surface area contributed by atoms with Gasteiger partial charge in [0.05, 0.1) is 11.4 Å². The topological polar surface area (TPSA) is 67.2 Å². The highest BCUT2D eigenvalue weighted by Crippen LogP contribution is 2.24. The first kappa shape index (κ1) is 17.9. The lowest BCUT2D eigenvalue weighted by atomic mass is 10.1. The highest BCUT2D eigenvalue weighted by atomic mass is 16.1. The van der Waals surface area contributed by atoms with Crippen molar-refractivity contribution in [3.8, 4) is 0 Å². The average molecular weight is 325 g/mol. The minimum atomic E-state index is -0.0876. The number of nitrogen functional groups attached to an aromatic ring is 1. The number of hydrogen-bond donors (Lipinski definition) is 3. The fourth-order valence-electron chi connectivity index (χ4n) is 2.45. The quantitative estimate of drug-likeness (QED) is 0.626. The summed E-state index contributed by atoms with van der Waals surface area (Å²) in [5.74, 6) is -0.0876. The van der Waals surface area contributed by atoms with Crippen LogP contribution in [0.4, 0.5) is 17.1 Å². The van der Waals surface area contributed by atoms with Crippen molar-refractivity contribution in [1.82, 2.24) is 5.32 Å². The molecule has 1 amide bonds. The van der Waals surface area contributed by atoms with Gasteiger partial charge in [-0.25, -0.2) is 0 Å². The standard InChI is InChI=1S/C20H27N3O/c1-3-5-6-15-7-10-17(11-8-15)23-19-12-9-16(14-18(19)21)20(24)22-13-4-2/h7-12,14,23H,3-6,13,21H2,1-2H3,(H,22,24). The number of carbonyl (C=O) groups excluding carboxylic acids is 1. The van der Waals surface area contributed by atoms with E-state index < -0.39 is 0 Å². The van der Waals surface area contributed by atoms with Crippen molar-refractivity contribution in [3.05, 3.63) is 53.6 Å². The lowest BCUT2D eigenvalue weighted by Gasteiger charge is -2.12. The van der Waals surface area contributed by atoms with Crippen LogP contribution in [0.3, 0.4) is 0 Å². The zero-order chi connectivity index (χ0) is 17.4. The number of aryl methyl sites for hydroxylation is 1. The van der Waals surface area contributed by atoms with E-state index in [4.69, 9.17) is 5.73 Å². The third-order valence-electron chi connectivity index (χ3n) is 3.90. The summed E-state index contributed by atoms with van der Waals surface area (Å²) in [5.41, 5.74) is 10.4. The molecule has 4 heteroatoms. The Kier molecular flexibility index (Phi) is 6.67. The summed E-state index contributed by atoms with van der Waals surface area (Å²) in [4.78, 5) is 12.0. The Balaban J connectivity index is 2.03. The van der Waals surface area contributed by atoms with E-state index in [9.17, 15) is 4.79 Å². The maximum Gasteiger partial charge on any atom is 0.251 e. The van der Waals surface area contributed by atoms with Crippen molar-refractivity contribution in [2.45, 2.75) is 39.5 Å². The highest BCUT2D eigenvalue weighted by Gasteiger charge is 2.08. The van der Waals surface area contributed by atoms with Crippen molar-refractivity contribution < 1.29 is 4.79 Å². The van der Waals surface area contributed by atoms with Crippen LogP contribution >= 0.6 is 0 Å². The van der Waals surface area contributed by atoms with Crippen LogP contribution in [0.25, 0.3) is 0 Å². The molecule has 2 aromatic rings. The Bertz CT molecular complexity index is 665. The molecule has 24 heavy (non-hydrogen) atoms. The molecule has 4 nitrogen and oxygen atoms in total. The molecule has 0 aromatic heterocycles. The van der Waals surface area contributed by atoms with Crippen LogP contribution in [-0.2, 0) is 6.42 Å². The van der Waals surface area contributed by atoms with Gasteiger partial charge in [0.25, 0.3) is 5.91 Å². The third kappa shape index (κ3) is 5.01. The van der Waals surface area contributed by atoms with Gasteiger partial charge >= 0.3 is 0 Å². The normalized spacial score (nSPS) is 10.4. The van der Waals surface area contributed by atoms with Crippen molar-refractivity contribution >= 4 is 23.0 Å². The number of rotatable bonds is 8. The lowest BCUT2D eigenvalue weighted by Crippen LogP contribution is -2.24. The molecule has 0 unspecified atom stereocenters. The Morgan fingerprint density at radius 2 is 1.79 bits per heavy atom. The molecular weight excluding hydrogens is 298 g/mol. The van der Waals surface area contributed by atoms with Crippen molar-refractivity contribution in [1.29, 1.82) is 0 Å². The third-order valence-corrected chi connectivity index (χ3v) is 3.90. The number of unbranched alkanes of at least 4 members (excludes halogenated alkanes) is 1. The van der Waals surface area contributed by atoms with Gasteiger partial charge < -0.3 is 16.4 Å². The number of hydrogen-bond acceptors (Lipinski definition) is 3. The second-order valence-corrected chi connectivity index (χ2v) is 5.98. The van der Waals surface area contributed by atoms with Gasteiger partial charge in [-0.2, -0.15) is 0 Å². The number of amides is 1. The van der Waals surface area contributed by atoms with Gasteiger partial charge in [-0.3, -0.25) is 4.79 Å². The number of carbonyl (C=O) groups is 1. The number of anilines is 3. The van der Waals surface area contributed by atoms with Crippen LogP contribution in [0.5, 0.6) is 0 Å². The van der Waals surface area contributed by atoms with Crippen LogP contribution in [0.15, 0.2) is 42.5 Å². The molecule has 0 aliphatic carbocycles. The molecule has 4 N–H and O–H groups in total. The Morgan fingerprint density at radius 3 is 2.42 bits per heavy atom. The van der Waals surface area contributed by atoms with Gasteiger partial charge in [0.1, 0.15) is 0 Å². The van der Waals surface area contributed by atoms with E-state index in [1.165, 1.54) is 18.4 Å². The van der Waals surface area contributed by atoms with Gasteiger partial charge in [-0.1, -0.05) is 32.4 Å². The molecule has 0 atom stereocenters. The molecular formula is C20H27N3O. The molecule has 2 rings (SSSR count). The zero-order valence-corrected chi connectivity index (χ0v) is 14.6. The smallest absolute Gasteiger partial charge is 0.251 e. The van der Waals surface area contributed by atoms with Crippen LogP contribution in [0.2, 0.25) is 0 Å². The van der Waals surface area contributed by atoms with Gasteiger partial charge in [0.2, 0.25) is 0 Å². The van der Waals surface area contributed by atoms with Gasteiger partial charge in [-0.05, 0) is 55.2 Å². The molecule has 0 heterocycles. The molecule has 0 aliphatic rings. The van der Waals surface area contributed by atoms with Crippen molar-refractivity contribution in [2.75, 3.05) is 17.6 Å². The predicted molar refractivity (Wildman–Crippen MR) is 102 cm³/mol. The second kappa shape index (κ2) is 8.96. The van der Waals surface area contributed by atoms with Gasteiger partial charge in [0, 0.05) is 17.8 Å². The molecule has 0 fully saturated rings. The minimum Gasteiger partial charge on any atom is -0.397 e. The van der Waals surface area contributed by atoms with Gasteiger partial charge in [-0.15, -0.1) is 0 Å². The summed E-state index contributed by atoms with van der Waals surface area (Å²) >= 11 is 0. The van der Waals surface area contributed by atoms with E-state index in [1.54, 1.807) is 12.1 Å². The molecule has 0 bridgehead atoms. The molecule has 0 radical (unpaired) electrons. The van der Waals surface area contributed by atoms with Gasteiger partial charge in [0.15, 0.2) is 0 Å².